The maximum atomic E-state index is 11.1. The second kappa shape index (κ2) is 8.07. The van der Waals surface area contributed by atoms with Crippen molar-refractivity contribution in [3.8, 4) is 11.5 Å². The van der Waals surface area contributed by atoms with Crippen LogP contribution in [-0.2, 0) is 0 Å². The lowest BCUT2D eigenvalue weighted by Crippen LogP contribution is -2.16. The fourth-order valence-electron chi connectivity index (χ4n) is 0.909. The summed E-state index contributed by atoms with van der Waals surface area (Å²) in [4.78, 5) is 11.1. The number of aliphatic hydroxyl groups is 1. The lowest BCUT2D eigenvalue weighted by atomic mass is 10.3. The smallest absolute Gasteiger partial charge is 0.435 e. The van der Waals surface area contributed by atoms with Crippen LogP contribution in [0.2, 0.25) is 0 Å². The Balaban J connectivity index is 0.00000256. The summed E-state index contributed by atoms with van der Waals surface area (Å²) in [6.07, 6.45) is -0.698. The first-order valence-electron chi connectivity index (χ1n) is 4.37. The topological polar surface area (TPSA) is 94.0 Å². The maximum Gasteiger partial charge on any atom is 0.435 e. The average Bonchev–Trinajstić information content (AvgIpc) is 2.28. The molecule has 0 bridgehead atoms. The van der Waals surface area contributed by atoms with Gasteiger partial charge in [-0.15, -0.1) is 0 Å². The zero-order chi connectivity index (χ0) is 12.0. The third-order valence-corrected chi connectivity index (χ3v) is 1.88. The molecule has 0 spiro atoms. The summed E-state index contributed by atoms with van der Waals surface area (Å²) in [5, 5.41) is 8.55. The van der Waals surface area contributed by atoms with Crippen molar-refractivity contribution in [3.05, 3.63) is 24.3 Å². The van der Waals surface area contributed by atoms with Gasteiger partial charge < -0.3 is 20.7 Å². The zero-order valence-corrected chi connectivity index (χ0v) is 10.7. The molecule has 0 radical (unpaired) electrons. The number of hydrogen-bond donors (Lipinski definition) is 4. The summed E-state index contributed by atoms with van der Waals surface area (Å²) in [7, 11) is 0. The highest BCUT2D eigenvalue weighted by Crippen LogP contribution is 2.18. The van der Waals surface area contributed by atoms with Crippen LogP contribution in [0.5, 0.6) is 11.5 Å². The molecule has 96 valence electrons. The van der Waals surface area contributed by atoms with Crippen LogP contribution in [0.1, 0.15) is 0 Å². The van der Waals surface area contributed by atoms with Crippen LogP contribution in [0.25, 0.3) is 0 Å². The lowest BCUT2D eigenvalue weighted by molar-refractivity contribution is 0.196. The Hall–Kier alpha value is -1.09. The molecule has 0 aliphatic heterocycles. The van der Waals surface area contributed by atoms with Crippen molar-refractivity contribution in [2.24, 2.45) is 0 Å². The standard InChI is InChI=1S/C9H11NO4S2.H3N/c11-5-6-13-7-1-3-8(4-2-7)14-9(12)10(15)16;/h1-4,11,15-16H,5-6H2;1H3. The molecule has 8 heteroatoms. The Morgan fingerprint density at radius 1 is 1.24 bits per heavy atom. The number of carbonyl (C=O) groups is 1. The van der Waals surface area contributed by atoms with E-state index < -0.39 is 6.09 Å². The predicted octanol–water partition coefficient (Wildman–Crippen LogP) is 1.71. The molecule has 17 heavy (non-hydrogen) atoms. The molecule has 0 aliphatic rings. The fraction of sp³-hybridized carbons (Fsp3) is 0.222. The molecule has 0 aliphatic carbocycles. The van der Waals surface area contributed by atoms with Crippen LogP contribution >= 0.6 is 25.6 Å². The van der Waals surface area contributed by atoms with Crippen molar-refractivity contribution < 1.29 is 19.4 Å². The minimum absolute atomic E-state index is 0. The van der Waals surface area contributed by atoms with Crippen molar-refractivity contribution in [1.29, 1.82) is 0 Å². The van der Waals surface area contributed by atoms with Gasteiger partial charge in [0.1, 0.15) is 18.1 Å². The zero-order valence-electron chi connectivity index (χ0n) is 8.94. The van der Waals surface area contributed by atoms with Gasteiger partial charge in [-0.05, 0) is 49.9 Å². The molecular formula is C9H14N2O4S2. The highest BCUT2D eigenvalue weighted by molar-refractivity contribution is 7.94. The van der Waals surface area contributed by atoms with Crippen LogP contribution in [0, 0.1) is 0 Å². The second-order valence-corrected chi connectivity index (χ2v) is 3.82. The summed E-state index contributed by atoms with van der Waals surface area (Å²) < 4.78 is 10.7. The number of ether oxygens (including phenoxy) is 2. The highest BCUT2D eigenvalue weighted by atomic mass is 32.2. The van der Waals surface area contributed by atoms with Crippen molar-refractivity contribution >= 4 is 31.7 Å². The van der Waals surface area contributed by atoms with Crippen LogP contribution in [0.4, 0.5) is 4.79 Å². The van der Waals surface area contributed by atoms with Gasteiger partial charge in [-0.25, -0.2) is 4.79 Å². The van der Waals surface area contributed by atoms with E-state index in [0.717, 1.165) is 3.71 Å². The van der Waals surface area contributed by atoms with Gasteiger partial charge in [0.05, 0.1) is 6.61 Å². The summed E-state index contributed by atoms with van der Waals surface area (Å²) in [5.74, 6) is 0.942. The number of aliphatic hydroxyl groups excluding tert-OH is 1. The molecule has 0 heterocycles. The molecule has 0 fully saturated rings. The quantitative estimate of drug-likeness (QED) is 0.629. The van der Waals surface area contributed by atoms with Crippen LogP contribution in [-0.4, -0.2) is 28.1 Å². The molecule has 0 saturated heterocycles. The van der Waals surface area contributed by atoms with E-state index in [0.29, 0.717) is 11.5 Å². The van der Waals surface area contributed by atoms with E-state index >= 15 is 0 Å². The molecule has 6 nitrogen and oxygen atoms in total. The number of thiol groups is 2. The number of rotatable bonds is 4. The van der Waals surface area contributed by atoms with E-state index in [9.17, 15) is 4.79 Å². The van der Waals surface area contributed by atoms with Gasteiger partial charge >= 0.3 is 6.09 Å². The summed E-state index contributed by atoms with van der Waals surface area (Å²) in [6, 6.07) is 6.38. The second-order valence-electron chi connectivity index (χ2n) is 2.70. The summed E-state index contributed by atoms with van der Waals surface area (Å²) in [5.41, 5.74) is 0. The molecule has 1 aromatic carbocycles. The monoisotopic (exact) mass is 278 g/mol. The summed E-state index contributed by atoms with van der Waals surface area (Å²) >= 11 is 7.32. The van der Waals surface area contributed by atoms with E-state index in [-0.39, 0.29) is 19.4 Å². The SMILES string of the molecule is N.O=C(Oc1ccc(OCCO)cc1)N(S)S. The first kappa shape index (κ1) is 15.9. The average molecular weight is 278 g/mol. The molecular weight excluding hydrogens is 264 g/mol. The maximum absolute atomic E-state index is 11.1. The molecule has 1 amide bonds. The Morgan fingerprint density at radius 2 is 1.76 bits per heavy atom. The minimum atomic E-state index is -0.698. The van der Waals surface area contributed by atoms with Crippen LogP contribution < -0.4 is 15.6 Å². The largest absolute Gasteiger partial charge is 0.491 e. The van der Waals surface area contributed by atoms with Crippen LogP contribution in [0.15, 0.2) is 24.3 Å². The Morgan fingerprint density at radius 3 is 2.24 bits per heavy atom. The number of nitrogens with zero attached hydrogens (tertiary/aromatic N) is 1. The predicted molar refractivity (Wildman–Crippen MR) is 69.9 cm³/mol. The first-order chi connectivity index (χ1) is 7.63. The summed E-state index contributed by atoms with van der Waals surface area (Å²) in [6.45, 7) is 0.172. The van der Waals surface area contributed by atoms with Gasteiger partial charge in [0, 0.05) is 0 Å². The van der Waals surface area contributed by atoms with E-state index in [1.807, 2.05) is 0 Å². The highest BCUT2D eigenvalue weighted by Gasteiger charge is 2.08. The van der Waals surface area contributed by atoms with E-state index in [2.05, 4.69) is 25.6 Å². The normalized spacial score (nSPS) is 9.12. The molecule has 0 saturated carbocycles. The van der Waals surface area contributed by atoms with Gasteiger partial charge in [0.25, 0.3) is 0 Å². The molecule has 0 atom stereocenters. The number of amides is 1. The van der Waals surface area contributed by atoms with Crippen molar-refractivity contribution in [2.75, 3.05) is 13.2 Å². The third-order valence-electron chi connectivity index (χ3n) is 1.55. The molecule has 0 unspecified atom stereocenters. The Bertz CT molecular complexity index is 345. The Labute approximate surface area is 110 Å². The first-order valence-corrected chi connectivity index (χ1v) is 5.17. The molecule has 4 N–H and O–H groups in total. The van der Waals surface area contributed by atoms with Crippen molar-refractivity contribution in [1.82, 2.24) is 9.86 Å². The lowest BCUT2D eigenvalue weighted by Gasteiger charge is -2.09. The van der Waals surface area contributed by atoms with Gasteiger partial charge in [-0.1, -0.05) is 0 Å². The number of benzene rings is 1. The third kappa shape index (κ3) is 5.68. The van der Waals surface area contributed by atoms with Gasteiger partial charge in [-0.2, -0.15) is 3.71 Å². The molecule has 1 aromatic rings. The number of hydrogen-bond acceptors (Lipinski definition) is 7. The van der Waals surface area contributed by atoms with Gasteiger partial charge in [0.15, 0.2) is 0 Å². The fourth-order valence-corrected chi connectivity index (χ4v) is 0.991. The van der Waals surface area contributed by atoms with Crippen molar-refractivity contribution in [2.45, 2.75) is 0 Å². The van der Waals surface area contributed by atoms with Crippen molar-refractivity contribution in [3.63, 3.8) is 0 Å². The van der Waals surface area contributed by atoms with E-state index in [4.69, 9.17) is 14.6 Å². The molecule has 0 aromatic heterocycles. The van der Waals surface area contributed by atoms with Crippen LogP contribution in [0.3, 0.4) is 0 Å². The Kier molecular flexibility index (Phi) is 7.55. The van der Waals surface area contributed by atoms with E-state index in [1.165, 1.54) is 0 Å². The number of carbonyl (C=O) groups excluding carboxylic acids is 1. The molecule has 1 rings (SSSR count). The van der Waals surface area contributed by atoms with E-state index in [1.54, 1.807) is 24.3 Å². The minimum Gasteiger partial charge on any atom is -0.491 e. The van der Waals surface area contributed by atoms with Gasteiger partial charge in [0.2, 0.25) is 0 Å². The van der Waals surface area contributed by atoms with Gasteiger partial charge in [-0.3, -0.25) is 0 Å².